The van der Waals surface area contributed by atoms with Crippen LogP contribution in [0.5, 0.6) is 0 Å². The Hall–Kier alpha value is -1.31. The van der Waals surface area contributed by atoms with Crippen LogP contribution in [-0.4, -0.2) is 5.91 Å². The molecule has 0 atom stereocenters. The largest absolute Gasteiger partial charge is 0.369 e. The fourth-order valence-corrected chi connectivity index (χ4v) is 0.753. The molecule has 78 valence electrons. The van der Waals surface area contributed by atoms with Gasteiger partial charge in [-0.2, -0.15) is 0 Å². The predicted molar refractivity (Wildman–Crippen MR) is 59.7 cm³/mol. The molecule has 14 heavy (non-hydrogen) atoms. The van der Waals surface area contributed by atoms with Crippen LogP contribution in [-0.2, 0) is 4.79 Å². The first-order valence-electron chi connectivity index (χ1n) is 5.10. The lowest BCUT2D eigenvalue weighted by atomic mass is 10.4. The number of carbonyl (C=O) groups excluding carboxylic acids is 1. The fraction of sp³-hybridized carbons (Fsp3) is 0.417. The van der Waals surface area contributed by atoms with Crippen LogP contribution in [0.4, 0.5) is 0 Å². The third-order valence-corrected chi connectivity index (χ3v) is 1.65. The van der Waals surface area contributed by atoms with E-state index in [-0.39, 0.29) is 11.8 Å². The first-order chi connectivity index (χ1) is 6.80. The van der Waals surface area contributed by atoms with E-state index < -0.39 is 0 Å². The molecule has 0 aromatic heterocycles. The first-order valence-corrected chi connectivity index (χ1v) is 5.10. The molecule has 0 radical (unpaired) electrons. The Morgan fingerprint density at radius 1 is 1.00 bits per heavy atom. The number of rotatable bonds is 1. The van der Waals surface area contributed by atoms with Gasteiger partial charge in [0, 0.05) is 5.92 Å². The van der Waals surface area contributed by atoms with Crippen molar-refractivity contribution in [3.63, 3.8) is 0 Å². The van der Waals surface area contributed by atoms with E-state index in [4.69, 9.17) is 5.73 Å². The molecule has 2 heteroatoms. The monoisotopic (exact) mass is 193 g/mol. The summed E-state index contributed by atoms with van der Waals surface area (Å²) in [6.45, 7) is 4.00. The highest BCUT2D eigenvalue weighted by Crippen LogP contribution is 2.27. The molecule has 0 heterocycles. The van der Waals surface area contributed by atoms with Gasteiger partial charge >= 0.3 is 0 Å². The minimum absolute atomic E-state index is 0.130. The molecule has 2 nitrogen and oxygen atoms in total. The number of nitrogens with two attached hydrogens (primary N) is 1. The molecule has 1 saturated carbocycles. The van der Waals surface area contributed by atoms with E-state index in [1.54, 1.807) is 0 Å². The predicted octanol–water partition coefficient (Wildman–Crippen LogP) is 2.59. The van der Waals surface area contributed by atoms with Crippen molar-refractivity contribution in [1.82, 2.24) is 0 Å². The smallest absolute Gasteiger partial charge is 0.220 e. The van der Waals surface area contributed by atoms with Gasteiger partial charge < -0.3 is 5.73 Å². The maximum Gasteiger partial charge on any atom is 0.220 e. The molecule has 0 saturated heterocycles. The second-order valence-electron chi connectivity index (χ2n) is 2.83. The summed E-state index contributed by atoms with van der Waals surface area (Å²) in [6, 6.07) is 12.0. The van der Waals surface area contributed by atoms with Gasteiger partial charge in [0.1, 0.15) is 0 Å². The lowest BCUT2D eigenvalue weighted by molar-refractivity contribution is -0.119. The third-order valence-electron chi connectivity index (χ3n) is 1.65. The number of hydrogen-bond donors (Lipinski definition) is 1. The average molecular weight is 193 g/mol. The van der Waals surface area contributed by atoms with Gasteiger partial charge in [-0.15, -0.1) is 0 Å². The van der Waals surface area contributed by atoms with Crippen LogP contribution in [0.25, 0.3) is 0 Å². The van der Waals surface area contributed by atoms with E-state index in [0.717, 1.165) is 12.8 Å². The Bertz CT molecular complexity index is 203. The zero-order chi connectivity index (χ0) is 10.8. The van der Waals surface area contributed by atoms with E-state index in [1.807, 2.05) is 50.2 Å². The van der Waals surface area contributed by atoms with Crippen molar-refractivity contribution in [3.8, 4) is 0 Å². The highest BCUT2D eigenvalue weighted by molar-refractivity contribution is 5.78. The van der Waals surface area contributed by atoms with Crippen molar-refractivity contribution >= 4 is 5.91 Å². The molecular weight excluding hydrogens is 174 g/mol. The number of hydrogen-bond acceptors (Lipinski definition) is 1. The minimum Gasteiger partial charge on any atom is -0.369 e. The van der Waals surface area contributed by atoms with Crippen molar-refractivity contribution < 1.29 is 4.79 Å². The summed E-state index contributed by atoms with van der Waals surface area (Å²) < 4.78 is 0. The highest BCUT2D eigenvalue weighted by atomic mass is 16.1. The second-order valence-corrected chi connectivity index (χ2v) is 2.83. The Kier molecular flexibility index (Phi) is 7.52. The van der Waals surface area contributed by atoms with Crippen LogP contribution in [0.15, 0.2) is 36.4 Å². The zero-order valence-corrected chi connectivity index (χ0v) is 8.94. The van der Waals surface area contributed by atoms with Gasteiger partial charge in [0.2, 0.25) is 5.91 Å². The van der Waals surface area contributed by atoms with Crippen molar-refractivity contribution in [1.29, 1.82) is 0 Å². The van der Waals surface area contributed by atoms with Gasteiger partial charge in [0.05, 0.1) is 0 Å². The molecule has 0 spiro atoms. The van der Waals surface area contributed by atoms with Gasteiger partial charge in [-0.05, 0) is 12.8 Å². The first kappa shape index (κ1) is 12.7. The lowest BCUT2D eigenvalue weighted by Gasteiger charge is -1.77. The third kappa shape index (κ3) is 7.35. The Morgan fingerprint density at radius 2 is 1.29 bits per heavy atom. The normalized spacial score (nSPS) is 12.7. The molecule has 0 bridgehead atoms. The number of amides is 1. The van der Waals surface area contributed by atoms with Crippen molar-refractivity contribution in [3.05, 3.63) is 36.4 Å². The molecule has 0 unspecified atom stereocenters. The Morgan fingerprint density at radius 3 is 1.36 bits per heavy atom. The minimum atomic E-state index is -0.130. The second kappa shape index (κ2) is 8.30. The molecule has 2 N–H and O–H groups in total. The summed E-state index contributed by atoms with van der Waals surface area (Å²) in [6.07, 6.45) is 2.05. The number of primary amides is 1. The van der Waals surface area contributed by atoms with Gasteiger partial charge in [-0.3, -0.25) is 4.79 Å². The summed E-state index contributed by atoms with van der Waals surface area (Å²) in [5.41, 5.74) is 4.86. The van der Waals surface area contributed by atoms with Crippen LogP contribution in [0, 0.1) is 5.92 Å². The van der Waals surface area contributed by atoms with Crippen LogP contribution in [0.1, 0.15) is 26.7 Å². The fourth-order valence-electron chi connectivity index (χ4n) is 0.753. The van der Waals surface area contributed by atoms with Crippen LogP contribution in [0.3, 0.4) is 0 Å². The van der Waals surface area contributed by atoms with E-state index in [0.29, 0.717) is 0 Å². The Labute approximate surface area is 86.1 Å². The lowest BCUT2D eigenvalue weighted by Crippen LogP contribution is -2.11. The standard InChI is InChI=1S/C6H6.C4H7NO.C2H6/c1-2-4-6-5-3-1;5-4(6)3-1-2-3;1-2/h1-6H;3H,1-2H2,(H2,5,6);1-2H3. The summed E-state index contributed by atoms with van der Waals surface area (Å²) >= 11 is 0. The maximum absolute atomic E-state index is 9.98. The van der Waals surface area contributed by atoms with Gasteiger partial charge in [0.15, 0.2) is 0 Å². The molecule has 1 fully saturated rings. The summed E-state index contributed by atoms with van der Waals surface area (Å²) in [4.78, 5) is 9.98. The molecule has 2 rings (SSSR count). The van der Waals surface area contributed by atoms with Crippen LogP contribution < -0.4 is 5.73 Å². The van der Waals surface area contributed by atoms with Gasteiger partial charge in [-0.25, -0.2) is 0 Å². The average Bonchev–Trinajstić information content (AvgIpc) is 3.08. The number of carbonyl (C=O) groups is 1. The maximum atomic E-state index is 9.98. The zero-order valence-electron chi connectivity index (χ0n) is 8.94. The van der Waals surface area contributed by atoms with E-state index >= 15 is 0 Å². The molecule has 1 amide bonds. The SMILES string of the molecule is CC.NC(=O)C1CC1.c1ccccc1. The summed E-state index contributed by atoms with van der Waals surface area (Å²) in [5.74, 6) is 0.111. The highest BCUT2D eigenvalue weighted by Gasteiger charge is 2.26. The molecule has 1 aliphatic rings. The van der Waals surface area contributed by atoms with Crippen LogP contribution in [0.2, 0.25) is 0 Å². The van der Waals surface area contributed by atoms with Crippen molar-refractivity contribution in [2.45, 2.75) is 26.7 Å². The Balaban J connectivity index is 0.000000206. The van der Waals surface area contributed by atoms with Gasteiger partial charge in [-0.1, -0.05) is 50.2 Å². The van der Waals surface area contributed by atoms with E-state index in [2.05, 4.69) is 0 Å². The summed E-state index contributed by atoms with van der Waals surface area (Å²) in [7, 11) is 0. The molecular formula is C12H19NO. The molecule has 0 aliphatic heterocycles. The van der Waals surface area contributed by atoms with Gasteiger partial charge in [0.25, 0.3) is 0 Å². The number of benzene rings is 1. The molecule has 1 aromatic carbocycles. The van der Waals surface area contributed by atoms with Crippen molar-refractivity contribution in [2.24, 2.45) is 11.7 Å². The van der Waals surface area contributed by atoms with Crippen LogP contribution >= 0.6 is 0 Å². The summed E-state index contributed by atoms with van der Waals surface area (Å²) in [5, 5.41) is 0. The molecule has 1 aromatic rings. The molecule has 1 aliphatic carbocycles. The van der Waals surface area contributed by atoms with Crippen molar-refractivity contribution in [2.75, 3.05) is 0 Å². The van der Waals surface area contributed by atoms with E-state index in [9.17, 15) is 4.79 Å². The quantitative estimate of drug-likeness (QED) is 0.732. The van der Waals surface area contributed by atoms with E-state index in [1.165, 1.54) is 0 Å². The topological polar surface area (TPSA) is 43.1 Å².